The van der Waals surface area contributed by atoms with Crippen LogP contribution >= 0.6 is 0 Å². The minimum atomic E-state index is -3.79. The van der Waals surface area contributed by atoms with Gasteiger partial charge in [-0.15, -0.1) is 0 Å². The van der Waals surface area contributed by atoms with Crippen LogP contribution in [0.4, 0.5) is 10.1 Å². The lowest BCUT2D eigenvalue weighted by molar-refractivity contribution is 0.591. The van der Waals surface area contributed by atoms with E-state index in [1.807, 2.05) is 12.1 Å². The molecule has 0 fully saturated rings. The fraction of sp³-hybridized carbons (Fsp3) is 0.133. The highest BCUT2D eigenvalue weighted by Crippen LogP contribution is 2.32. The number of fused-ring (bicyclic) bond motifs is 1. The zero-order valence-corrected chi connectivity index (χ0v) is 11.8. The van der Waals surface area contributed by atoms with Gasteiger partial charge in [-0.3, -0.25) is 4.31 Å². The van der Waals surface area contributed by atoms with Crippen molar-refractivity contribution in [1.82, 2.24) is 0 Å². The first-order valence-electron chi connectivity index (χ1n) is 6.34. The average molecular weight is 302 g/mol. The van der Waals surface area contributed by atoms with Gasteiger partial charge < -0.3 is 0 Å². The number of para-hydroxylation sites is 1. The first-order chi connectivity index (χ1) is 10.0. The lowest BCUT2D eigenvalue weighted by atomic mass is 10.2. The summed E-state index contributed by atoms with van der Waals surface area (Å²) in [6, 6.07) is 12.2. The van der Waals surface area contributed by atoms with Crippen LogP contribution in [0.3, 0.4) is 0 Å². The second kappa shape index (κ2) is 4.86. The predicted molar refractivity (Wildman–Crippen MR) is 75.8 cm³/mol. The summed E-state index contributed by atoms with van der Waals surface area (Å²) in [7, 11) is -3.79. The van der Waals surface area contributed by atoms with Gasteiger partial charge in [0, 0.05) is 6.54 Å². The normalized spacial score (nSPS) is 13.8. The number of nitrogens with zero attached hydrogens (tertiary/aromatic N) is 2. The van der Waals surface area contributed by atoms with Crippen molar-refractivity contribution in [3.63, 3.8) is 0 Å². The number of sulfonamides is 1. The van der Waals surface area contributed by atoms with E-state index in [0.717, 1.165) is 17.7 Å². The fourth-order valence-electron chi connectivity index (χ4n) is 2.44. The molecule has 2 aromatic rings. The number of hydrogen-bond acceptors (Lipinski definition) is 3. The third-order valence-electron chi connectivity index (χ3n) is 3.49. The quantitative estimate of drug-likeness (QED) is 0.856. The van der Waals surface area contributed by atoms with Crippen LogP contribution in [0.15, 0.2) is 47.4 Å². The summed E-state index contributed by atoms with van der Waals surface area (Å²) in [5, 5.41) is 8.83. The lowest BCUT2D eigenvalue weighted by Gasteiger charge is -2.19. The Morgan fingerprint density at radius 3 is 2.71 bits per heavy atom. The molecule has 0 aromatic heterocycles. The summed E-state index contributed by atoms with van der Waals surface area (Å²) in [5.41, 5.74) is 1.33. The molecule has 106 valence electrons. The van der Waals surface area contributed by atoms with Gasteiger partial charge in [-0.05, 0) is 36.2 Å². The van der Waals surface area contributed by atoms with Crippen LogP contribution in [0.1, 0.15) is 11.1 Å². The van der Waals surface area contributed by atoms with E-state index < -0.39 is 15.8 Å². The minimum absolute atomic E-state index is 0.0721. The van der Waals surface area contributed by atoms with E-state index in [0.29, 0.717) is 18.7 Å². The molecule has 0 amide bonds. The van der Waals surface area contributed by atoms with E-state index in [9.17, 15) is 12.8 Å². The van der Waals surface area contributed by atoms with Gasteiger partial charge in [-0.2, -0.15) is 5.26 Å². The molecular weight excluding hydrogens is 291 g/mol. The minimum Gasteiger partial charge on any atom is -0.266 e. The van der Waals surface area contributed by atoms with Crippen molar-refractivity contribution < 1.29 is 12.8 Å². The van der Waals surface area contributed by atoms with Crippen LogP contribution in [-0.2, 0) is 16.4 Å². The molecule has 0 bridgehead atoms. The molecule has 1 aliphatic heterocycles. The van der Waals surface area contributed by atoms with E-state index in [4.69, 9.17) is 5.26 Å². The molecule has 1 aliphatic rings. The van der Waals surface area contributed by atoms with Crippen molar-refractivity contribution in [3.8, 4) is 6.07 Å². The number of hydrogen-bond donors (Lipinski definition) is 0. The Balaban J connectivity index is 2.09. The van der Waals surface area contributed by atoms with Crippen molar-refractivity contribution in [2.24, 2.45) is 0 Å². The topological polar surface area (TPSA) is 61.2 Å². The van der Waals surface area contributed by atoms with E-state index in [1.54, 1.807) is 18.2 Å². The highest BCUT2D eigenvalue weighted by atomic mass is 32.2. The van der Waals surface area contributed by atoms with Gasteiger partial charge in [0.2, 0.25) is 0 Å². The van der Waals surface area contributed by atoms with Gasteiger partial charge in [0.25, 0.3) is 10.0 Å². The molecule has 0 spiro atoms. The van der Waals surface area contributed by atoms with Gasteiger partial charge in [0.15, 0.2) is 0 Å². The predicted octanol–water partition coefficient (Wildman–Crippen LogP) is 2.45. The molecule has 0 N–H and O–H groups in total. The van der Waals surface area contributed by atoms with Crippen molar-refractivity contribution in [2.75, 3.05) is 10.8 Å². The van der Waals surface area contributed by atoms with Crippen LogP contribution in [0.5, 0.6) is 0 Å². The SMILES string of the molecule is N#Cc1cc(S(=O)(=O)N2CCc3ccccc32)ccc1F. The first kappa shape index (κ1) is 13.6. The number of halogens is 1. The Morgan fingerprint density at radius 1 is 1.19 bits per heavy atom. The van der Waals surface area contributed by atoms with Crippen LogP contribution in [0.2, 0.25) is 0 Å². The third-order valence-corrected chi connectivity index (χ3v) is 5.30. The summed E-state index contributed by atoms with van der Waals surface area (Å²) in [6.45, 7) is 0.348. The lowest BCUT2D eigenvalue weighted by Crippen LogP contribution is -2.29. The second-order valence-electron chi connectivity index (χ2n) is 4.71. The Hall–Kier alpha value is -2.39. The Morgan fingerprint density at radius 2 is 1.95 bits per heavy atom. The summed E-state index contributed by atoms with van der Waals surface area (Å²) >= 11 is 0. The highest BCUT2D eigenvalue weighted by molar-refractivity contribution is 7.92. The van der Waals surface area contributed by atoms with E-state index in [2.05, 4.69) is 0 Å². The van der Waals surface area contributed by atoms with Crippen molar-refractivity contribution in [1.29, 1.82) is 5.26 Å². The summed E-state index contributed by atoms with van der Waals surface area (Å²) in [5.74, 6) is -0.724. The smallest absolute Gasteiger partial charge is 0.264 e. The maximum Gasteiger partial charge on any atom is 0.264 e. The van der Waals surface area contributed by atoms with Crippen LogP contribution < -0.4 is 4.31 Å². The van der Waals surface area contributed by atoms with E-state index >= 15 is 0 Å². The molecule has 6 heteroatoms. The maximum absolute atomic E-state index is 13.3. The van der Waals surface area contributed by atoms with Crippen molar-refractivity contribution in [2.45, 2.75) is 11.3 Å². The molecule has 1 heterocycles. The zero-order chi connectivity index (χ0) is 15.0. The zero-order valence-electron chi connectivity index (χ0n) is 11.0. The molecule has 3 rings (SSSR count). The van der Waals surface area contributed by atoms with Gasteiger partial charge in [0.05, 0.1) is 16.1 Å². The number of anilines is 1. The molecule has 0 aliphatic carbocycles. The monoisotopic (exact) mass is 302 g/mol. The fourth-order valence-corrected chi connectivity index (χ4v) is 3.97. The van der Waals surface area contributed by atoms with Gasteiger partial charge >= 0.3 is 0 Å². The summed E-state index contributed by atoms with van der Waals surface area (Å²) in [4.78, 5) is -0.0721. The Labute approximate surface area is 122 Å². The van der Waals surface area contributed by atoms with Crippen LogP contribution in [0.25, 0.3) is 0 Å². The first-order valence-corrected chi connectivity index (χ1v) is 7.78. The van der Waals surface area contributed by atoms with Crippen molar-refractivity contribution >= 4 is 15.7 Å². The van der Waals surface area contributed by atoms with E-state index in [-0.39, 0.29) is 10.5 Å². The summed E-state index contributed by atoms with van der Waals surface area (Å²) < 4.78 is 40.0. The number of benzene rings is 2. The summed E-state index contributed by atoms with van der Waals surface area (Å²) in [6.07, 6.45) is 0.641. The molecule has 0 saturated heterocycles. The highest BCUT2D eigenvalue weighted by Gasteiger charge is 2.30. The van der Waals surface area contributed by atoms with E-state index in [1.165, 1.54) is 10.4 Å². The van der Waals surface area contributed by atoms with Gasteiger partial charge in [0.1, 0.15) is 11.9 Å². The maximum atomic E-state index is 13.3. The molecule has 2 aromatic carbocycles. The Bertz CT molecular complexity index is 856. The standard InChI is InChI=1S/C15H11FN2O2S/c16-14-6-5-13(9-12(14)10-17)21(19,20)18-8-7-11-3-1-2-4-15(11)18/h1-6,9H,7-8H2. The average Bonchev–Trinajstić information content (AvgIpc) is 2.92. The van der Waals surface area contributed by atoms with Crippen LogP contribution in [0, 0.1) is 17.1 Å². The second-order valence-corrected chi connectivity index (χ2v) is 6.57. The van der Waals surface area contributed by atoms with Crippen molar-refractivity contribution in [3.05, 3.63) is 59.4 Å². The molecule has 0 radical (unpaired) electrons. The molecule has 0 saturated carbocycles. The molecule has 4 nitrogen and oxygen atoms in total. The molecular formula is C15H11FN2O2S. The molecule has 0 unspecified atom stereocenters. The number of nitriles is 1. The Kier molecular flexibility index (Phi) is 3.15. The largest absolute Gasteiger partial charge is 0.266 e. The molecule has 0 atom stereocenters. The van der Waals surface area contributed by atoms with Gasteiger partial charge in [-0.25, -0.2) is 12.8 Å². The van der Waals surface area contributed by atoms with Gasteiger partial charge in [-0.1, -0.05) is 18.2 Å². The number of rotatable bonds is 2. The third kappa shape index (κ3) is 2.16. The molecule has 21 heavy (non-hydrogen) atoms. The van der Waals surface area contributed by atoms with Crippen LogP contribution in [-0.4, -0.2) is 15.0 Å².